The van der Waals surface area contributed by atoms with Crippen molar-refractivity contribution in [1.29, 1.82) is 0 Å². The van der Waals surface area contributed by atoms with E-state index in [1.165, 1.54) is 25.3 Å². The van der Waals surface area contributed by atoms with Crippen molar-refractivity contribution in [3.63, 3.8) is 0 Å². The van der Waals surface area contributed by atoms with E-state index in [1.54, 1.807) is 0 Å². The van der Waals surface area contributed by atoms with Gasteiger partial charge in [0.25, 0.3) is 0 Å². The summed E-state index contributed by atoms with van der Waals surface area (Å²) < 4.78 is 30.7. The Morgan fingerprint density at radius 2 is 1.79 bits per heavy atom. The molecule has 1 rings (SSSR count). The lowest BCUT2D eigenvalue weighted by Crippen LogP contribution is -2.36. The van der Waals surface area contributed by atoms with Gasteiger partial charge in [0.1, 0.15) is 0 Å². The summed E-state index contributed by atoms with van der Waals surface area (Å²) in [5.74, 6) is 0. The number of methoxy groups -OCH3 is 1. The fourth-order valence-electron chi connectivity index (χ4n) is 1.48. The molecule has 0 spiro atoms. The lowest BCUT2D eigenvalue weighted by atomic mass is 10.4. The molecule has 0 radical (unpaired) electrons. The van der Waals surface area contributed by atoms with Crippen molar-refractivity contribution in [2.24, 2.45) is 0 Å². The van der Waals surface area contributed by atoms with Gasteiger partial charge in [-0.15, -0.1) is 0 Å². The van der Waals surface area contributed by atoms with Crippen molar-refractivity contribution in [2.75, 3.05) is 33.4 Å². The van der Waals surface area contributed by atoms with Crippen LogP contribution >= 0.6 is 23.2 Å². The molecule has 0 unspecified atom stereocenters. The Kier molecular flexibility index (Phi) is 6.52. The molecule has 19 heavy (non-hydrogen) atoms. The smallest absolute Gasteiger partial charge is 0.243 e. The molecule has 0 aromatic heterocycles. The van der Waals surface area contributed by atoms with E-state index in [0.29, 0.717) is 0 Å². The molecule has 0 saturated heterocycles. The average Bonchev–Trinajstić information content (AvgIpc) is 2.33. The summed E-state index contributed by atoms with van der Waals surface area (Å²) in [6.07, 6.45) is 0. The van der Waals surface area contributed by atoms with Crippen LogP contribution in [0.15, 0.2) is 23.1 Å². The maximum Gasteiger partial charge on any atom is 0.243 e. The monoisotopic (exact) mass is 327 g/mol. The zero-order chi connectivity index (χ0) is 14.5. The molecule has 0 aliphatic rings. The fourth-order valence-corrected chi connectivity index (χ4v) is 3.63. The number of aliphatic hydroxyl groups excluding tert-OH is 1. The maximum absolute atomic E-state index is 12.4. The summed E-state index contributed by atoms with van der Waals surface area (Å²) in [4.78, 5) is -0.00504. The predicted molar refractivity (Wildman–Crippen MR) is 74.2 cm³/mol. The minimum atomic E-state index is -3.76. The zero-order valence-corrected chi connectivity index (χ0v) is 12.7. The second-order valence-corrected chi connectivity index (χ2v) is 6.54. The van der Waals surface area contributed by atoms with Gasteiger partial charge >= 0.3 is 0 Å². The number of rotatable bonds is 7. The highest BCUT2D eigenvalue weighted by Crippen LogP contribution is 2.24. The highest BCUT2D eigenvalue weighted by molar-refractivity contribution is 7.89. The summed E-state index contributed by atoms with van der Waals surface area (Å²) in [7, 11) is -2.28. The molecule has 1 aromatic carbocycles. The summed E-state index contributed by atoms with van der Waals surface area (Å²) in [5.41, 5.74) is 0. The van der Waals surface area contributed by atoms with Crippen molar-refractivity contribution in [3.05, 3.63) is 28.2 Å². The first kappa shape index (κ1) is 16.7. The molecule has 0 aliphatic heterocycles. The molecule has 0 atom stereocenters. The number of benzene rings is 1. The Hall–Kier alpha value is -0.370. The van der Waals surface area contributed by atoms with Crippen molar-refractivity contribution < 1.29 is 18.3 Å². The molecule has 0 amide bonds. The Morgan fingerprint density at radius 1 is 1.21 bits per heavy atom. The van der Waals surface area contributed by atoms with Gasteiger partial charge in [-0.3, -0.25) is 0 Å². The van der Waals surface area contributed by atoms with Crippen molar-refractivity contribution in [1.82, 2.24) is 4.31 Å². The van der Waals surface area contributed by atoms with Gasteiger partial charge < -0.3 is 9.84 Å². The normalized spacial score (nSPS) is 12.1. The molecule has 5 nitrogen and oxygen atoms in total. The third kappa shape index (κ3) is 4.59. The van der Waals surface area contributed by atoms with Crippen LogP contribution in [0.4, 0.5) is 0 Å². The van der Waals surface area contributed by atoms with Crippen LogP contribution in [0, 0.1) is 0 Å². The van der Waals surface area contributed by atoms with Gasteiger partial charge in [0.2, 0.25) is 10.0 Å². The van der Waals surface area contributed by atoms with Crippen LogP contribution in [0.25, 0.3) is 0 Å². The van der Waals surface area contributed by atoms with Crippen molar-refractivity contribution in [3.8, 4) is 0 Å². The molecule has 8 heteroatoms. The summed E-state index contributed by atoms with van der Waals surface area (Å²) in [6, 6.07) is 4.09. The Balaban J connectivity index is 3.10. The zero-order valence-electron chi connectivity index (χ0n) is 10.3. The van der Waals surface area contributed by atoms with Crippen LogP contribution in [-0.2, 0) is 14.8 Å². The molecule has 0 saturated carbocycles. The molecule has 108 valence electrons. The van der Waals surface area contributed by atoms with E-state index in [2.05, 4.69) is 0 Å². The number of ether oxygens (including phenoxy) is 1. The van der Waals surface area contributed by atoms with Gasteiger partial charge in [0.05, 0.1) is 18.1 Å². The van der Waals surface area contributed by atoms with Crippen molar-refractivity contribution >= 4 is 33.2 Å². The average molecular weight is 328 g/mol. The minimum absolute atomic E-state index is 0.00504. The van der Waals surface area contributed by atoms with Gasteiger partial charge in [-0.05, 0) is 18.2 Å². The number of hydrogen-bond donors (Lipinski definition) is 1. The lowest BCUT2D eigenvalue weighted by Gasteiger charge is -2.21. The second-order valence-electron chi connectivity index (χ2n) is 3.73. The van der Waals surface area contributed by atoms with Crippen molar-refractivity contribution in [2.45, 2.75) is 4.90 Å². The van der Waals surface area contributed by atoms with Crippen LogP contribution in [-0.4, -0.2) is 51.2 Å². The Bertz CT molecular complexity index is 501. The van der Waals surface area contributed by atoms with Crippen LogP contribution in [0.1, 0.15) is 0 Å². The third-order valence-electron chi connectivity index (χ3n) is 2.37. The van der Waals surface area contributed by atoms with E-state index in [1.807, 2.05) is 0 Å². The first-order valence-electron chi connectivity index (χ1n) is 5.48. The maximum atomic E-state index is 12.4. The van der Waals surface area contributed by atoms with Gasteiger partial charge in [-0.2, -0.15) is 4.31 Å². The van der Waals surface area contributed by atoms with E-state index in [4.69, 9.17) is 33.0 Å². The van der Waals surface area contributed by atoms with E-state index in [9.17, 15) is 8.42 Å². The van der Waals surface area contributed by atoms with Gasteiger partial charge in [0.15, 0.2) is 0 Å². The molecule has 0 heterocycles. The Labute approximate surface area is 122 Å². The van der Waals surface area contributed by atoms with E-state index in [-0.39, 0.29) is 41.2 Å². The first-order valence-corrected chi connectivity index (χ1v) is 7.67. The SMILES string of the molecule is COCCN(CCO)S(=O)(=O)c1cc(Cl)cc(Cl)c1. The van der Waals surface area contributed by atoms with E-state index < -0.39 is 10.0 Å². The van der Waals surface area contributed by atoms with Crippen LogP contribution in [0.3, 0.4) is 0 Å². The largest absolute Gasteiger partial charge is 0.395 e. The third-order valence-corrected chi connectivity index (χ3v) is 4.68. The Morgan fingerprint density at radius 3 is 2.26 bits per heavy atom. The van der Waals surface area contributed by atoms with E-state index in [0.717, 1.165) is 4.31 Å². The van der Waals surface area contributed by atoms with Crippen LogP contribution in [0.2, 0.25) is 10.0 Å². The second kappa shape index (κ2) is 7.42. The fraction of sp³-hybridized carbons (Fsp3) is 0.455. The molecule has 1 N–H and O–H groups in total. The number of aliphatic hydroxyl groups is 1. The van der Waals surface area contributed by atoms with E-state index >= 15 is 0 Å². The van der Waals surface area contributed by atoms with Gasteiger partial charge in [-0.25, -0.2) is 8.42 Å². The number of halogens is 2. The first-order chi connectivity index (χ1) is 8.91. The summed E-state index contributed by atoms with van der Waals surface area (Å²) in [6.45, 7) is 0.0735. The van der Waals surface area contributed by atoms with Gasteiger partial charge in [0, 0.05) is 30.2 Å². The number of hydrogen-bond acceptors (Lipinski definition) is 4. The number of nitrogens with zero attached hydrogens (tertiary/aromatic N) is 1. The summed E-state index contributed by atoms with van der Waals surface area (Å²) in [5, 5.41) is 9.43. The molecular weight excluding hydrogens is 313 g/mol. The van der Waals surface area contributed by atoms with Gasteiger partial charge in [-0.1, -0.05) is 23.2 Å². The highest BCUT2D eigenvalue weighted by atomic mass is 35.5. The number of sulfonamides is 1. The minimum Gasteiger partial charge on any atom is -0.395 e. The topological polar surface area (TPSA) is 66.8 Å². The molecular formula is C11H15Cl2NO4S. The van der Waals surface area contributed by atoms with Crippen LogP contribution < -0.4 is 0 Å². The lowest BCUT2D eigenvalue weighted by molar-refractivity contribution is 0.168. The summed E-state index contributed by atoms with van der Waals surface area (Å²) >= 11 is 11.6. The predicted octanol–water partition coefficient (Wildman–Crippen LogP) is 1.62. The van der Waals surface area contributed by atoms with Crippen LogP contribution in [0.5, 0.6) is 0 Å². The molecule has 0 fully saturated rings. The molecule has 1 aromatic rings. The quantitative estimate of drug-likeness (QED) is 0.826. The highest BCUT2D eigenvalue weighted by Gasteiger charge is 2.24. The molecule has 0 aliphatic carbocycles. The standard InChI is InChI=1S/C11H15Cl2NO4S/c1-18-5-3-14(2-4-15)19(16,17)11-7-9(12)6-10(13)8-11/h6-8,15H,2-5H2,1H3. The molecule has 0 bridgehead atoms.